The lowest BCUT2D eigenvalue weighted by Gasteiger charge is -2.31. The highest BCUT2D eigenvalue weighted by atomic mass is 32.1. The molecule has 0 bridgehead atoms. The Labute approximate surface area is 93.2 Å². The van der Waals surface area contributed by atoms with Gasteiger partial charge in [-0.1, -0.05) is 0 Å². The highest BCUT2D eigenvalue weighted by Gasteiger charge is 2.35. The van der Waals surface area contributed by atoms with Crippen LogP contribution in [0.5, 0.6) is 0 Å². The Morgan fingerprint density at radius 1 is 1.53 bits per heavy atom. The van der Waals surface area contributed by atoms with Crippen molar-refractivity contribution in [2.45, 2.75) is 24.8 Å². The van der Waals surface area contributed by atoms with E-state index in [1.807, 2.05) is 16.8 Å². The Bertz CT molecular complexity index is 328. The van der Waals surface area contributed by atoms with Crippen molar-refractivity contribution in [1.82, 2.24) is 0 Å². The van der Waals surface area contributed by atoms with Crippen LogP contribution in [-0.4, -0.2) is 24.5 Å². The Morgan fingerprint density at radius 3 is 2.87 bits per heavy atom. The normalized spacial score (nSPS) is 20.1. The van der Waals surface area contributed by atoms with Crippen LogP contribution >= 0.6 is 11.3 Å². The molecule has 0 aromatic carbocycles. The van der Waals surface area contributed by atoms with Crippen LogP contribution in [0.4, 0.5) is 0 Å². The van der Waals surface area contributed by atoms with Crippen LogP contribution in [0.2, 0.25) is 0 Å². The molecular formula is C11H15NO2S. The molecule has 1 fully saturated rings. The number of carbonyl (C=O) groups is 1. The lowest BCUT2D eigenvalue weighted by atomic mass is 9.84. The van der Waals surface area contributed by atoms with E-state index in [2.05, 4.69) is 0 Å². The zero-order chi connectivity index (χ0) is 10.7. The van der Waals surface area contributed by atoms with Gasteiger partial charge in [-0.15, -0.1) is 0 Å². The summed E-state index contributed by atoms with van der Waals surface area (Å²) < 4.78 is 5.22. The van der Waals surface area contributed by atoms with E-state index in [4.69, 9.17) is 10.5 Å². The first-order valence-electron chi connectivity index (χ1n) is 5.12. The first-order valence-corrected chi connectivity index (χ1v) is 6.06. The van der Waals surface area contributed by atoms with Crippen molar-refractivity contribution in [2.24, 2.45) is 5.73 Å². The van der Waals surface area contributed by atoms with Gasteiger partial charge in [-0.2, -0.15) is 11.3 Å². The summed E-state index contributed by atoms with van der Waals surface area (Å²) in [5.41, 5.74) is 6.51. The molecule has 1 aromatic heterocycles. The SMILES string of the molecule is NC1(C(=O)Cc2ccsc2)CCOCC1. The minimum atomic E-state index is -0.653. The van der Waals surface area contributed by atoms with E-state index in [1.165, 1.54) is 0 Å². The average molecular weight is 225 g/mol. The van der Waals surface area contributed by atoms with Crippen molar-refractivity contribution >= 4 is 17.1 Å². The van der Waals surface area contributed by atoms with Gasteiger partial charge in [-0.05, 0) is 35.2 Å². The highest BCUT2D eigenvalue weighted by molar-refractivity contribution is 7.08. The number of rotatable bonds is 3. The monoisotopic (exact) mass is 225 g/mol. The van der Waals surface area contributed by atoms with E-state index in [9.17, 15) is 4.79 Å². The number of nitrogens with two attached hydrogens (primary N) is 1. The number of hydrogen-bond acceptors (Lipinski definition) is 4. The molecule has 0 amide bonds. The van der Waals surface area contributed by atoms with Crippen molar-refractivity contribution in [3.63, 3.8) is 0 Å². The number of Topliss-reactive ketones (excluding diaryl/α,β-unsaturated/α-hetero) is 1. The third-order valence-corrected chi connectivity index (χ3v) is 3.62. The second kappa shape index (κ2) is 4.43. The quantitative estimate of drug-likeness (QED) is 0.845. The average Bonchev–Trinajstić information content (AvgIpc) is 2.71. The second-order valence-corrected chi connectivity index (χ2v) is 4.78. The molecule has 82 valence electrons. The van der Waals surface area contributed by atoms with Crippen LogP contribution in [0.15, 0.2) is 16.8 Å². The van der Waals surface area contributed by atoms with Crippen LogP contribution in [0.25, 0.3) is 0 Å². The molecule has 0 atom stereocenters. The predicted molar refractivity (Wildman–Crippen MR) is 60.0 cm³/mol. The molecule has 3 nitrogen and oxygen atoms in total. The van der Waals surface area contributed by atoms with Crippen LogP contribution in [0, 0.1) is 0 Å². The Balaban J connectivity index is 2.00. The van der Waals surface area contributed by atoms with Gasteiger partial charge < -0.3 is 10.5 Å². The van der Waals surface area contributed by atoms with Gasteiger partial charge in [-0.3, -0.25) is 4.79 Å². The molecule has 0 unspecified atom stereocenters. The van der Waals surface area contributed by atoms with E-state index in [0.29, 0.717) is 32.5 Å². The molecule has 4 heteroatoms. The molecule has 0 aliphatic carbocycles. The fourth-order valence-corrected chi connectivity index (χ4v) is 2.44. The zero-order valence-corrected chi connectivity index (χ0v) is 9.39. The van der Waals surface area contributed by atoms with E-state index in [0.717, 1.165) is 5.56 Å². The van der Waals surface area contributed by atoms with Gasteiger partial charge in [0.1, 0.15) is 0 Å². The van der Waals surface area contributed by atoms with Gasteiger partial charge in [0.15, 0.2) is 5.78 Å². The van der Waals surface area contributed by atoms with Crippen molar-refractivity contribution in [3.8, 4) is 0 Å². The molecule has 2 heterocycles. The van der Waals surface area contributed by atoms with Crippen molar-refractivity contribution in [2.75, 3.05) is 13.2 Å². The molecule has 0 spiro atoms. The molecule has 0 radical (unpaired) electrons. The molecule has 1 aromatic rings. The second-order valence-electron chi connectivity index (χ2n) is 4.00. The maximum absolute atomic E-state index is 12.0. The van der Waals surface area contributed by atoms with Crippen molar-refractivity contribution in [3.05, 3.63) is 22.4 Å². The minimum Gasteiger partial charge on any atom is -0.381 e. The molecule has 2 rings (SSSR count). The maximum atomic E-state index is 12.0. The molecule has 15 heavy (non-hydrogen) atoms. The van der Waals surface area contributed by atoms with Crippen molar-refractivity contribution in [1.29, 1.82) is 0 Å². The van der Waals surface area contributed by atoms with Crippen LogP contribution in [0.3, 0.4) is 0 Å². The number of thiophene rings is 1. The van der Waals surface area contributed by atoms with Gasteiger partial charge in [-0.25, -0.2) is 0 Å². The highest BCUT2D eigenvalue weighted by Crippen LogP contribution is 2.21. The molecule has 1 aliphatic rings. The van der Waals surface area contributed by atoms with Crippen LogP contribution in [0.1, 0.15) is 18.4 Å². The summed E-state index contributed by atoms with van der Waals surface area (Å²) in [6, 6.07) is 1.98. The summed E-state index contributed by atoms with van der Waals surface area (Å²) in [6.45, 7) is 1.21. The zero-order valence-electron chi connectivity index (χ0n) is 8.57. The van der Waals surface area contributed by atoms with E-state index < -0.39 is 5.54 Å². The smallest absolute Gasteiger partial charge is 0.157 e. The first-order chi connectivity index (χ1) is 7.21. The van der Waals surface area contributed by atoms with Crippen LogP contribution < -0.4 is 5.73 Å². The first kappa shape index (κ1) is 10.8. The Kier molecular flexibility index (Phi) is 3.19. The molecule has 1 aliphatic heterocycles. The van der Waals surface area contributed by atoms with Gasteiger partial charge in [0.2, 0.25) is 0 Å². The summed E-state index contributed by atoms with van der Waals surface area (Å²) in [5.74, 6) is 0.143. The lowest BCUT2D eigenvalue weighted by Crippen LogP contribution is -2.52. The molecule has 1 saturated heterocycles. The summed E-state index contributed by atoms with van der Waals surface area (Å²) in [6.07, 6.45) is 1.76. The standard InChI is InChI=1S/C11H15NO2S/c12-11(2-4-14-5-3-11)10(13)7-9-1-6-15-8-9/h1,6,8H,2-5,7,12H2. The predicted octanol–water partition coefficient (Wildman–Crippen LogP) is 1.37. The van der Waals surface area contributed by atoms with E-state index >= 15 is 0 Å². The van der Waals surface area contributed by atoms with Gasteiger partial charge in [0.05, 0.1) is 5.54 Å². The summed E-state index contributed by atoms with van der Waals surface area (Å²) in [5, 5.41) is 3.98. The Morgan fingerprint density at radius 2 is 2.27 bits per heavy atom. The number of ether oxygens (including phenoxy) is 1. The fourth-order valence-electron chi connectivity index (χ4n) is 1.77. The minimum absolute atomic E-state index is 0.143. The van der Waals surface area contributed by atoms with E-state index in [-0.39, 0.29) is 5.78 Å². The lowest BCUT2D eigenvalue weighted by molar-refractivity contribution is -0.126. The van der Waals surface area contributed by atoms with Gasteiger partial charge in [0.25, 0.3) is 0 Å². The third kappa shape index (κ3) is 2.45. The third-order valence-electron chi connectivity index (χ3n) is 2.89. The fraction of sp³-hybridized carbons (Fsp3) is 0.545. The molecular weight excluding hydrogens is 210 g/mol. The number of carbonyl (C=O) groups excluding carboxylic acids is 1. The molecule has 2 N–H and O–H groups in total. The topological polar surface area (TPSA) is 52.3 Å². The summed E-state index contributed by atoms with van der Waals surface area (Å²) >= 11 is 1.61. The maximum Gasteiger partial charge on any atom is 0.157 e. The van der Waals surface area contributed by atoms with Crippen molar-refractivity contribution < 1.29 is 9.53 Å². The number of ketones is 1. The summed E-state index contributed by atoms with van der Waals surface area (Å²) in [7, 11) is 0. The Hall–Kier alpha value is -0.710. The largest absolute Gasteiger partial charge is 0.381 e. The number of hydrogen-bond donors (Lipinski definition) is 1. The summed E-state index contributed by atoms with van der Waals surface area (Å²) in [4.78, 5) is 12.0. The van der Waals surface area contributed by atoms with Crippen LogP contribution in [-0.2, 0) is 16.0 Å². The van der Waals surface area contributed by atoms with E-state index in [1.54, 1.807) is 11.3 Å². The molecule has 0 saturated carbocycles. The van der Waals surface area contributed by atoms with Gasteiger partial charge >= 0.3 is 0 Å². The van der Waals surface area contributed by atoms with Gasteiger partial charge in [0, 0.05) is 19.6 Å².